The number of aliphatic hydroxyl groups is 3. The summed E-state index contributed by atoms with van der Waals surface area (Å²) < 4.78 is 5.18. The molecule has 0 bridgehead atoms. The molecule has 3 amide bonds. The quantitative estimate of drug-likeness (QED) is 0.139. The van der Waals surface area contributed by atoms with Crippen LogP contribution in [0.1, 0.15) is 39.5 Å². The Labute approximate surface area is 168 Å². The SMILES string of the molecule is CCCCCCNC(=O)CNC(=O)O/N=C1/O[C@H](CO)[C@@H](O)[C@H](O)[C@H]1NC(C)=O. The van der Waals surface area contributed by atoms with E-state index in [2.05, 4.69) is 32.9 Å². The molecule has 1 saturated heterocycles. The van der Waals surface area contributed by atoms with Crippen molar-refractivity contribution in [3.8, 4) is 0 Å². The molecule has 1 rings (SSSR count). The maximum absolute atomic E-state index is 11.7. The Morgan fingerprint density at radius 3 is 2.48 bits per heavy atom. The van der Waals surface area contributed by atoms with E-state index in [0.717, 1.165) is 25.7 Å². The fraction of sp³-hybridized carbons (Fsp3) is 0.765. The number of carbonyl (C=O) groups excluding carboxylic acids is 3. The summed E-state index contributed by atoms with van der Waals surface area (Å²) in [7, 11) is 0. The third kappa shape index (κ3) is 8.62. The molecule has 0 aromatic carbocycles. The van der Waals surface area contributed by atoms with Crippen molar-refractivity contribution < 1.29 is 39.3 Å². The first-order chi connectivity index (χ1) is 13.8. The van der Waals surface area contributed by atoms with Gasteiger partial charge in [0, 0.05) is 13.5 Å². The van der Waals surface area contributed by atoms with Crippen molar-refractivity contribution >= 4 is 23.8 Å². The molecule has 6 N–H and O–H groups in total. The van der Waals surface area contributed by atoms with Crippen molar-refractivity contribution in [2.75, 3.05) is 19.7 Å². The molecule has 166 valence electrons. The molecule has 12 nitrogen and oxygen atoms in total. The third-order valence-corrected chi connectivity index (χ3v) is 4.11. The molecule has 29 heavy (non-hydrogen) atoms. The number of rotatable bonds is 10. The maximum atomic E-state index is 11.7. The van der Waals surface area contributed by atoms with Gasteiger partial charge in [0.05, 0.1) is 6.61 Å². The number of oxime groups is 1. The Hall–Kier alpha value is -2.44. The van der Waals surface area contributed by atoms with Gasteiger partial charge in [-0.25, -0.2) is 4.79 Å². The lowest BCUT2D eigenvalue weighted by Crippen LogP contribution is -2.62. The number of unbranched alkanes of at least 4 members (excludes halogenated alkanes) is 3. The number of hydrogen-bond donors (Lipinski definition) is 6. The summed E-state index contributed by atoms with van der Waals surface area (Å²) in [5, 5.41) is 39.7. The summed E-state index contributed by atoms with van der Waals surface area (Å²) in [5.74, 6) is -1.36. The molecule has 0 aliphatic carbocycles. The highest BCUT2D eigenvalue weighted by atomic mass is 16.7. The molecule has 0 aromatic heterocycles. The minimum atomic E-state index is -1.55. The summed E-state index contributed by atoms with van der Waals surface area (Å²) >= 11 is 0. The monoisotopic (exact) mass is 418 g/mol. The van der Waals surface area contributed by atoms with Crippen LogP contribution in [0.4, 0.5) is 4.79 Å². The molecule has 1 aliphatic heterocycles. The van der Waals surface area contributed by atoms with Gasteiger partial charge in [-0.2, -0.15) is 0 Å². The predicted octanol–water partition coefficient (Wildman–Crippen LogP) is -1.66. The van der Waals surface area contributed by atoms with E-state index in [0.29, 0.717) is 6.54 Å². The molecule has 0 unspecified atom stereocenters. The van der Waals surface area contributed by atoms with Crippen LogP contribution in [0.25, 0.3) is 0 Å². The second-order valence-corrected chi connectivity index (χ2v) is 6.57. The minimum absolute atomic E-state index is 0.325. The lowest BCUT2D eigenvalue weighted by Gasteiger charge is -2.37. The number of hydrogen-bond acceptors (Lipinski definition) is 9. The van der Waals surface area contributed by atoms with E-state index in [1.54, 1.807) is 0 Å². The molecule has 1 heterocycles. The van der Waals surface area contributed by atoms with Crippen molar-refractivity contribution in [3.05, 3.63) is 0 Å². The summed E-state index contributed by atoms with van der Waals surface area (Å²) in [6.07, 6.45) is -1.30. The Balaban J connectivity index is 2.53. The highest BCUT2D eigenvalue weighted by Gasteiger charge is 2.44. The summed E-state index contributed by atoms with van der Waals surface area (Å²) in [5.41, 5.74) is 0. The Bertz CT molecular complexity index is 586. The summed E-state index contributed by atoms with van der Waals surface area (Å²) in [4.78, 5) is 39.2. The molecule has 0 radical (unpaired) electrons. The Morgan fingerprint density at radius 1 is 1.14 bits per heavy atom. The van der Waals surface area contributed by atoms with Gasteiger partial charge >= 0.3 is 6.09 Å². The van der Waals surface area contributed by atoms with Gasteiger partial charge in [-0.15, -0.1) is 0 Å². The second-order valence-electron chi connectivity index (χ2n) is 6.57. The Kier molecular flexibility index (Phi) is 10.9. The second kappa shape index (κ2) is 12.9. The first-order valence-corrected chi connectivity index (χ1v) is 9.50. The van der Waals surface area contributed by atoms with Crippen LogP contribution in [-0.2, 0) is 19.2 Å². The van der Waals surface area contributed by atoms with E-state index in [1.807, 2.05) is 0 Å². The maximum Gasteiger partial charge on any atom is 0.433 e. The number of nitrogens with one attached hydrogen (secondary N) is 3. The average molecular weight is 418 g/mol. The number of ether oxygens (including phenoxy) is 1. The largest absolute Gasteiger partial charge is 0.468 e. The molecule has 0 saturated carbocycles. The van der Waals surface area contributed by atoms with Crippen molar-refractivity contribution in [3.63, 3.8) is 0 Å². The molecule has 1 fully saturated rings. The van der Waals surface area contributed by atoms with Crippen LogP contribution in [0, 0.1) is 0 Å². The van der Waals surface area contributed by atoms with Crippen molar-refractivity contribution in [1.29, 1.82) is 0 Å². The number of aliphatic hydroxyl groups excluding tert-OH is 3. The van der Waals surface area contributed by atoms with Crippen molar-refractivity contribution in [1.82, 2.24) is 16.0 Å². The topological polar surface area (TPSA) is 179 Å². The van der Waals surface area contributed by atoms with Gasteiger partial charge in [0.15, 0.2) is 6.10 Å². The zero-order valence-electron chi connectivity index (χ0n) is 16.6. The van der Waals surface area contributed by atoms with Crippen molar-refractivity contribution in [2.45, 2.75) is 63.9 Å². The zero-order chi connectivity index (χ0) is 21.8. The fourth-order valence-corrected chi connectivity index (χ4v) is 2.56. The third-order valence-electron chi connectivity index (χ3n) is 4.11. The van der Waals surface area contributed by atoms with Crippen LogP contribution in [0.5, 0.6) is 0 Å². The minimum Gasteiger partial charge on any atom is -0.468 e. The molecule has 0 spiro atoms. The summed E-state index contributed by atoms with van der Waals surface area (Å²) in [6, 6.07) is -1.29. The van der Waals surface area contributed by atoms with Gasteiger partial charge in [0.1, 0.15) is 24.8 Å². The van der Waals surface area contributed by atoms with Crippen LogP contribution < -0.4 is 16.0 Å². The van der Waals surface area contributed by atoms with Crippen LogP contribution in [0.2, 0.25) is 0 Å². The first kappa shape index (κ1) is 24.6. The normalized spacial score (nSPS) is 25.1. The van der Waals surface area contributed by atoms with E-state index in [1.165, 1.54) is 6.92 Å². The van der Waals surface area contributed by atoms with Gasteiger partial charge in [0.2, 0.25) is 11.8 Å². The van der Waals surface area contributed by atoms with E-state index >= 15 is 0 Å². The van der Waals surface area contributed by atoms with Gasteiger partial charge in [-0.3, -0.25) is 14.4 Å². The highest BCUT2D eigenvalue weighted by molar-refractivity contribution is 5.88. The Morgan fingerprint density at radius 2 is 1.86 bits per heavy atom. The first-order valence-electron chi connectivity index (χ1n) is 9.50. The standard InChI is InChI=1S/C17H30N4O8/c1-3-4-5-6-7-18-12(24)8-19-17(27)29-21-16-13(20-10(2)23)15(26)14(25)11(9-22)28-16/h11,13-15,22,25-26H,3-9H2,1-2H3,(H,18,24)(H,19,27)(H,20,23)/b21-16+/t11-,13-,14-,15-/m1/s1. The van der Waals surface area contributed by atoms with Gasteiger partial charge in [-0.05, 0) is 11.6 Å². The van der Waals surface area contributed by atoms with Crippen LogP contribution in [-0.4, -0.2) is 83.2 Å². The fourth-order valence-electron chi connectivity index (χ4n) is 2.56. The predicted molar refractivity (Wildman–Crippen MR) is 101 cm³/mol. The van der Waals surface area contributed by atoms with Crippen molar-refractivity contribution in [2.24, 2.45) is 5.16 Å². The van der Waals surface area contributed by atoms with E-state index < -0.39 is 54.8 Å². The molecule has 4 atom stereocenters. The average Bonchev–Trinajstić information content (AvgIpc) is 2.68. The van der Waals surface area contributed by atoms with Crippen LogP contribution in [0.15, 0.2) is 5.16 Å². The molecule has 0 aromatic rings. The van der Waals surface area contributed by atoms with E-state index in [-0.39, 0.29) is 6.54 Å². The molecular formula is C17H30N4O8. The smallest absolute Gasteiger partial charge is 0.433 e. The van der Waals surface area contributed by atoms with E-state index in [9.17, 15) is 29.7 Å². The molecule has 12 heteroatoms. The lowest BCUT2D eigenvalue weighted by atomic mass is 9.97. The summed E-state index contributed by atoms with van der Waals surface area (Å²) in [6.45, 7) is 2.79. The number of amides is 3. The van der Waals surface area contributed by atoms with Gasteiger partial charge in [0.25, 0.3) is 5.90 Å². The highest BCUT2D eigenvalue weighted by Crippen LogP contribution is 2.18. The molecular weight excluding hydrogens is 388 g/mol. The zero-order valence-corrected chi connectivity index (χ0v) is 16.6. The van der Waals surface area contributed by atoms with Crippen LogP contribution in [0.3, 0.4) is 0 Å². The molecule has 1 aliphatic rings. The van der Waals surface area contributed by atoms with Gasteiger partial charge < -0.3 is 36.0 Å². The van der Waals surface area contributed by atoms with E-state index in [4.69, 9.17) is 4.74 Å². The number of nitrogens with zero attached hydrogens (tertiary/aromatic N) is 1. The lowest BCUT2D eigenvalue weighted by molar-refractivity contribution is -0.126. The van der Waals surface area contributed by atoms with Crippen LogP contribution >= 0.6 is 0 Å². The number of carbonyl (C=O) groups is 3. The van der Waals surface area contributed by atoms with Gasteiger partial charge in [-0.1, -0.05) is 26.2 Å².